The molecule has 2 fully saturated rings. The molecule has 2 unspecified atom stereocenters. The van der Waals surface area contributed by atoms with Gasteiger partial charge in [0.05, 0.1) is 17.8 Å². The van der Waals surface area contributed by atoms with E-state index in [0.717, 1.165) is 23.8 Å². The van der Waals surface area contributed by atoms with Crippen molar-refractivity contribution in [2.45, 2.75) is 38.1 Å². The van der Waals surface area contributed by atoms with E-state index in [1.54, 1.807) is 0 Å². The molecule has 21 heavy (non-hydrogen) atoms. The minimum absolute atomic E-state index is 0.00964. The van der Waals surface area contributed by atoms with E-state index in [1.165, 1.54) is 19.3 Å². The van der Waals surface area contributed by atoms with Crippen LogP contribution in [0.2, 0.25) is 0 Å². The third kappa shape index (κ3) is 3.01. The van der Waals surface area contributed by atoms with E-state index in [4.69, 9.17) is 5.11 Å². The number of hydrogen-bond donors (Lipinski definition) is 2. The number of carboxylic acids is 1. The van der Waals surface area contributed by atoms with Crippen LogP contribution in [0.4, 0.5) is 11.4 Å². The van der Waals surface area contributed by atoms with Gasteiger partial charge in [-0.2, -0.15) is 0 Å². The zero-order valence-corrected chi connectivity index (χ0v) is 11.9. The Morgan fingerprint density at radius 1 is 1.24 bits per heavy atom. The minimum atomic E-state index is -0.949. The van der Waals surface area contributed by atoms with Crippen molar-refractivity contribution in [3.8, 4) is 0 Å². The van der Waals surface area contributed by atoms with E-state index in [2.05, 4.69) is 10.2 Å². The average molecular weight is 288 g/mol. The lowest BCUT2D eigenvalue weighted by atomic mass is 10.1. The lowest BCUT2D eigenvalue weighted by Gasteiger charge is -2.31. The highest BCUT2D eigenvalue weighted by molar-refractivity contribution is 5.95. The fourth-order valence-electron chi connectivity index (χ4n) is 3.48. The Morgan fingerprint density at radius 2 is 2.05 bits per heavy atom. The molecule has 1 heterocycles. The highest BCUT2D eigenvalue weighted by Crippen LogP contribution is 2.42. The van der Waals surface area contributed by atoms with Crippen LogP contribution in [0.3, 0.4) is 0 Å². The normalized spacial score (nSPS) is 23.3. The zero-order chi connectivity index (χ0) is 14.8. The van der Waals surface area contributed by atoms with Gasteiger partial charge in [-0.1, -0.05) is 12.1 Å². The van der Waals surface area contributed by atoms with Crippen LogP contribution in [0.5, 0.6) is 0 Å². The van der Waals surface area contributed by atoms with Crippen LogP contribution in [0, 0.1) is 5.92 Å². The molecule has 2 N–H and O–H groups in total. The van der Waals surface area contributed by atoms with Gasteiger partial charge in [0.2, 0.25) is 5.91 Å². The van der Waals surface area contributed by atoms with Gasteiger partial charge < -0.3 is 15.3 Å². The monoisotopic (exact) mass is 288 g/mol. The summed E-state index contributed by atoms with van der Waals surface area (Å²) in [6.45, 7) is 1.06. The standard InChI is InChI=1S/C16H20N2O3/c19-15(7-8-16(20)21)17-13-3-1-2-4-14(13)18-10-11-5-6-12(18)9-11/h1-4,11-12H,5-10H2,(H,17,19)(H,20,21). The second kappa shape index (κ2) is 5.76. The number of hydrogen-bond acceptors (Lipinski definition) is 3. The first-order valence-electron chi connectivity index (χ1n) is 7.51. The summed E-state index contributed by atoms with van der Waals surface area (Å²) in [5, 5.41) is 11.5. The molecule has 2 aliphatic rings. The van der Waals surface area contributed by atoms with Crippen molar-refractivity contribution in [2.75, 3.05) is 16.8 Å². The fourth-order valence-corrected chi connectivity index (χ4v) is 3.48. The molecule has 2 bridgehead atoms. The maximum Gasteiger partial charge on any atom is 0.303 e. The van der Waals surface area contributed by atoms with Crippen LogP contribution in [-0.4, -0.2) is 29.6 Å². The van der Waals surface area contributed by atoms with Gasteiger partial charge in [0.15, 0.2) is 0 Å². The molecule has 0 radical (unpaired) electrons. The Bertz CT molecular complexity index is 558. The lowest BCUT2D eigenvalue weighted by molar-refractivity contribution is -0.138. The summed E-state index contributed by atoms with van der Waals surface area (Å²) in [7, 11) is 0. The van der Waals surface area contributed by atoms with Crippen molar-refractivity contribution in [1.29, 1.82) is 0 Å². The van der Waals surface area contributed by atoms with Crippen molar-refractivity contribution in [3.05, 3.63) is 24.3 Å². The summed E-state index contributed by atoms with van der Waals surface area (Å²) in [5.74, 6) is -0.407. The van der Waals surface area contributed by atoms with Crippen LogP contribution < -0.4 is 10.2 Å². The van der Waals surface area contributed by atoms with E-state index < -0.39 is 5.97 Å². The number of carbonyl (C=O) groups is 2. The summed E-state index contributed by atoms with van der Waals surface area (Å²) in [6.07, 6.45) is 3.67. The van der Waals surface area contributed by atoms with Crippen molar-refractivity contribution < 1.29 is 14.7 Å². The number of fused-ring (bicyclic) bond motifs is 2. The molecular formula is C16H20N2O3. The Hall–Kier alpha value is -2.04. The molecule has 1 amide bonds. The predicted octanol–water partition coefficient (Wildman–Crippen LogP) is 2.48. The van der Waals surface area contributed by atoms with Gasteiger partial charge in [0.1, 0.15) is 0 Å². The van der Waals surface area contributed by atoms with Gasteiger partial charge >= 0.3 is 5.97 Å². The molecule has 1 saturated carbocycles. The summed E-state index contributed by atoms with van der Waals surface area (Å²) in [5.41, 5.74) is 1.86. The molecule has 1 saturated heterocycles. The average Bonchev–Trinajstić information content (AvgIpc) is 3.08. The largest absolute Gasteiger partial charge is 0.481 e. The molecule has 112 valence electrons. The molecule has 0 aromatic heterocycles. The lowest BCUT2D eigenvalue weighted by Crippen LogP contribution is -2.32. The number of benzene rings is 1. The van der Waals surface area contributed by atoms with E-state index in [-0.39, 0.29) is 18.7 Å². The number of piperidine rings is 1. The van der Waals surface area contributed by atoms with Crippen molar-refractivity contribution >= 4 is 23.3 Å². The summed E-state index contributed by atoms with van der Waals surface area (Å²) in [6, 6.07) is 8.39. The molecule has 1 aliphatic carbocycles. The number of para-hydroxylation sites is 2. The van der Waals surface area contributed by atoms with Gasteiger partial charge in [-0.25, -0.2) is 0 Å². The Balaban J connectivity index is 1.71. The van der Waals surface area contributed by atoms with Crippen LogP contribution in [0.25, 0.3) is 0 Å². The number of amides is 1. The smallest absolute Gasteiger partial charge is 0.303 e. The first-order chi connectivity index (χ1) is 10.1. The summed E-state index contributed by atoms with van der Waals surface area (Å²) >= 11 is 0. The first kappa shape index (κ1) is 13.9. The van der Waals surface area contributed by atoms with E-state index in [9.17, 15) is 9.59 Å². The summed E-state index contributed by atoms with van der Waals surface area (Å²) < 4.78 is 0. The molecule has 0 spiro atoms. The van der Waals surface area contributed by atoms with Gasteiger partial charge in [-0.3, -0.25) is 9.59 Å². The zero-order valence-electron chi connectivity index (χ0n) is 11.9. The van der Waals surface area contributed by atoms with E-state index >= 15 is 0 Å². The Kier molecular flexibility index (Phi) is 3.82. The molecule has 1 aromatic carbocycles. The van der Waals surface area contributed by atoms with Crippen LogP contribution in [0.1, 0.15) is 32.1 Å². The number of aliphatic carboxylic acids is 1. The number of carbonyl (C=O) groups excluding carboxylic acids is 1. The number of nitrogens with zero attached hydrogens (tertiary/aromatic N) is 1. The van der Waals surface area contributed by atoms with Crippen molar-refractivity contribution in [3.63, 3.8) is 0 Å². The second-order valence-corrected chi connectivity index (χ2v) is 5.94. The van der Waals surface area contributed by atoms with Crippen molar-refractivity contribution in [2.24, 2.45) is 5.92 Å². The molecule has 1 aliphatic heterocycles. The third-order valence-electron chi connectivity index (χ3n) is 4.46. The topological polar surface area (TPSA) is 69.6 Å². The van der Waals surface area contributed by atoms with Crippen LogP contribution >= 0.6 is 0 Å². The maximum atomic E-state index is 11.9. The molecular weight excluding hydrogens is 268 g/mol. The molecule has 5 heteroatoms. The predicted molar refractivity (Wildman–Crippen MR) is 80.4 cm³/mol. The van der Waals surface area contributed by atoms with E-state index in [1.807, 2.05) is 24.3 Å². The summed E-state index contributed by atoms with van der Waals surface area (Å²) in [4.78, 5) is 24.8. The second-order valence-electron chi connectivity index (χ2n) is 5.94. The maximum absolute atomic E-state index is 11.9. The number of nitrogens with one attached hydrogen (secondary N) is 1. The molecule has 1 aromatic rings. The number of anilines is 2. The number of carboxylic acid groups (broad SMARTS) is 1. The highest BCUT2D eigenvalue weighted by Gasteiger charge is 2.38. The van der Waals surface area contributed by atoms with Crippen molar-refractivity contribution in [1.82, 2.24) is 0 Å². The first-order valence-corrected chi connectivity index (χ1v) is 7.51. The van der Waals surface area contributed by atoms with Crippen LogP contribution in [0.15, 0.2) is 24.3 Å². The molecule has 5 nitrogen and oxygen atoms in total. The van der Waals surface area contributed by atoms with Gasteiger partial charge in [0.25, 0.3) is 0 Å². The molecule has 2 atom stereocenters. The van der Waals surface area contributed by atoms with Gasteiger partial charge in [0, 0.05) is 19.0 Å². The van der Waals surface area contributed by atoms with E-state index in [0.29, 0.717) is 6.04 Å². The minimum Gasteiger partial charge on any atom is -0.481 e. The molecule has 3 rings (SSSR count). The number of rotatable bonds is 5. The highest BCUT2D eigenvalue weighted by atomic mass is 16.4. The Labute approximate surface area is 123 Å². The Morgan fingerprint density at radius 3 is 2.71 bits per heavy atom. The van der Waals surface area contributed by atoms with Gasteiger partial charge in [-0.05, 0) is 37.3 Å². The quantitative estimate of drug-likeness (QED) is 0.873. The third-order valence-corrected chi connectivity index (χ3v) is 4.46. The van der Waals surface area contributed by atoms with Crippen LogP contribution in [-0.2, 0) is 9.59 Å². The fraction of sp³-hybridized carbons (Fsp3) is 0.500. The van der Waals surface area contributed by atoms with Gasteiger partial charge in [-0.15, -0.1) is 0 Å². The SMILES string of the molecule is O=C(O)CCC(=O)Nc1ccccc1N1CC2CCC1C2.